The summed E-state index contributed by atoms with van der Waals surface area (Å²) in [5.74, 6) is 0.444. The zero-order valence-electron chi connectivity index (χ0n) is 9.88. The molecule has 0 saturated heterocycles. The van der Waals surface area contributed by atoms with E-state index in [1.54, 1.807) is 19.2 Å². The molecular formula is C12H14BN3O. The highest BCUT2D eigenvalue weighted by atomic mass is 16.2. The molecule has 0 bridgehead atoms. The third-order valence-electron chi connectivity index (χ3n) is 2.64. The summed E-state index contributed by atoms with van der Waals surface area (Å²) in [6.07, 6.45) is 3.35. The van der Waals surface area contributed by atoms with Crippen LogP contribution in [-0.4, -0.2) is 21.9 Å². The Labute approximate surface area is 101 Å². The lowest BCUT2D eigenvalue weighted by Crippen LogP contribution is -2.27. The van der Waals surface area contributed by atoms with Crippen molar-refractivity contribution in [3.63, 3.8) is 0 Å². The van der Waals surface area contributed by atoms with Gasteiger partial charge in [-0.2, -0.15) is 0 Å². The first kappa shape index (κ1) is 11.6. The molecule has 4 nitrogen and oxygen atoms in total. The van der Waals surface area contributed by atoms with Gasteiger partial charge in [0.05, 0.1) is 0 Å². The van der Waals surface area contributed by atoms with Crippen molar-refractivity contribution in [2.24, 2.45) is 0 Å². The number of hydrogen-bond donors (Lipinski definition) is 2. The Morgan fingerprint density at radius 1 is 1.24 bits per heavy atom. The number of hydrogen-bond acceptors (Lipinski definition) is 4. The first-order valence-electron chi connectivity index (χ1n) is 5.44. The fourth-order valence-corrected chi connectivity index (χ4v) is 1.58. The van der Waals surface area contributed by atoms with Gasteiger partial charge >= 0.3 is 6.92 Å². The lowest BCUT2D eigenvalue weighted by Gasteiger charge is -2.08. The Kier molecular flexibility index (Phi) is 3.11. The molecule has 3 N–H and O–H groups in total. The van der Waals surface area contributed by atoms with Gasteiger partial charge in [0.25, 0.3) is 0 Å². The van der Waals surface area contributed by atoms with Crippen molar-refractivity contribution >= 4 is 18.2 Å². The van der Waals surface area contributed by atoms with Gasteiger partial charge in [0.15, 0.2) is 0 Å². The van der Waals surface area contributed by atoms with E-state index in [0.29, 0.717) is 5.82 Å². The predicted octanol–water partition coefficient (Wildman–Crippen LogP) is 0.855. The van der Waals surface area contributed by atoms with Gasteiger partial charge in [0.2, 0.25) is 0 Å². The summed E-state index contributed by atoms with van der Waals surface area (Å²) in [7, 11) is 0. The summed E-state index contributed by atoms with van der Waals surface area (Å²) in [5, 5.41) is 9.53. The van der Waals surface area contributed by atoms with Gasteiger partial charge in [-0.3, -0.25) is 4.98 Å². The van der Waals surface area contributed by atoms with Crippen LogP contribution in [0.2, 0.25) is 6.82 Å². The van der Waals surface area contributed by atoms with E-state index in [1.807, 2.05) is 25.1 Å². The standard InChI is InChI=1S/C12H14BN3O/c1-8-3-4-9(6-15-8)11-5-10(13(2)17)7-16-12(11)14/h3-7,17H,1-2H3,(H2,14,16). The van der Waals surface area contributed by atoms with Crippen molar-refractivity contribution in [3.8, 4) is 11.1 Å². The van der Waals surface area contributed by atoms with Gasteiger partial charge in [-0.1, -0.05) is 19.0 Å². The maximum atomic E-state index is 9.53. The number of aryl methyl sites for hydroxylation is 1. The zero-order valence-corrected chi connectivity index (χ0v) is 9.88. The van der Waals surface area contributed by atoms with Crippen LogP contribution >= 0.6 is 0 Å². The molecule has 17 heavy (non-hydrogen) atoms. The topological polar surface area (TPSA) is 72.0 Å². The average molecular weight is 227 g/mol. The van der Waals surface area contributed by atoms with Crippen molar-refractivity contribution in [3.05, 3.63) is 36.3 Å². The Morgan fingerprint density at radius 2 is 2.00 bits per heavy atom. The van der Waals surface area contributed by atoms with E-state index in [0.717, 1.165) is 22.3 Å². The minimum atomic E-state index is -0.555. The summed E-state index contributed by atoms with van der Waals surface area (Å²) >= 11 is 0. The van der Waals surface area contributed by atoms with Crippen molar-refractivity contribution in [2.45, 2.75) is 13.7 Å². The molecule has 2 rings (SSSR count). The lowest BCUT2D eigenvalue weighted by atomic mass is 9.65. The van der Waals surface area contributed by atoms with Crippen LogP contribution < -0.4 is 11.2 Å². The fourth-order valence-electron chi connectivity index (χ4n) is 1.58. The van der Waals surface area contributed by atoms with Crippen LogP contribution in [0.3, 0.4) is 0 Å². The Hall–Kier alpha value is -1.88. The van der Waals surface area contributed by atoms with Crippen molar-refractivity contribution < 1.29 is 5.02 Å². The molecule has 0 aromatic carbocycles. The molecule has 86 valence electrons. The fraction of sp³-hybridized carbons (Fsp3) is 0.167. The SMILES string of the molecule is CB(O)c1cnc(N)c(-c2ccc(C)nc2)c1. The maximum Gasteiger partial charge on any atom is 0.321 e. The van der Waals surface area contributed by atoms with Gasteiger partial charge in [0.1, 0.15) is 5.82 Å². The predicted molar refractivity (Wildman–Crippen MR) is 70.1 cm³/mol. The van der Waals surface area contributed by atoms with E-state index in [9.17, 15) is 5.02 Å². The quantitative estimate of drug-likeness (QED) is 0.746. The first-order valence-corrected chi connectivity index (χ1v) is 5.44. The number of anilines is 1. The van der Waals surface area contributed by atoms with Crippen LogP contribution in [0.25, 0.3) is 11.1 Å². The number of rotatable bonds is 2. The molecule has 0 atom stereocenters. The van der Waals surface area contributed by atoms with Crippen LogP contribution in [0.4, 0.5) is 5.82 Å². The van der Waals surface area contributed by atoms with E-state index >= 15 is 0 Å². The second-order valence-electron chi connectivity index (χ2n) is 4.07. The highest BCUT2D eigenvalue weighted by Crippen LogP contribution is 2.22. The Morgan fingerprint density at radius 3 is 2.59 bits per heavy atom. The highest BCUT2D eigenvalue weighted by Gasteiger charge is 2.11. The molecule has 0 fully saturated rings. The van der Waals surface area contributed by atoms with Crippen LogP contribution in [0, 0.1) is 6.92 Å². The Balaban J connectivity index is 2.50. The van der Waals surface area contributed by atoms with Crippen LogP contribution in [0.15, 0.2) is 30.6 Å². The van der Waals surface area contributed by atoms with Crippen LogP contribution in [0.5, 0.6) is 0 Å². The van der Waals surface area contributed by atoms with Crippen molar-refractivity contribution in [1.82, 2.24) is 9.97 Å². The molecule has 0 spiro atoms. The first-order chi connectivity index (χ1) is 8.08. The minimum absolute atomic E-state index is 0.444. The summed E-state index contributed by atoms with van der Waals surface area (Å²) < 4.78 is 0. The average Bonchev–Trinajstić information content (AvgIpc) is 2.31. The molecule has 2 aromatic heterocycles. The summed E-state index contributed by atoms with van der Waals surface area (Å²) in [6, 6.07) is 5.71. The Bertz CT molecular complexity index is 526. The minimum Gasteiger partial charge on any atom is -0.446 e. The van der Waals surface area contributed by atoms with Gasteiger partial charge in [-0.25, -0.2) is 4.98 Å². The van der Waals surface area contributed by atoms with Crippen molar-refractivity contribution in [2.75, 3.05) is 5.73 Å². The number of pyridine rings is 2. The van der Waals surface area contributed by atoms with Gasteiger partial charge in [0, 0.05) is 29.2 Å². The lowest BCUT2D eigenvalue weighted by molar-refractivity contribution is 0.594. The second-order valence-corrected chi connectivity index (χ2v) is 4.07. The van der Waals surface area contributed by atoms with Crippen molar-refractivity contribution in [1.29, 1.82) is 0 Å². The molecule has 0 unspecified atom stereocenters. The molecule has 0 aliphatic carbocycles. The van der Waals surface area contributed by atoms with E-state index in [4.69, 9.17) is 5.73 Å². The largest absolute Gasteiger partial charge is 0.446 e. The smallest absolute Gasteiger partial charge is 0.321 e. The monoisotopic (exact) mass is 227 g/mol. The molecule has 0 aliphatic heterocycles. The van der Waals surface area contributed by atoms with E-state index < -0.39 is 6.92 Å². The summed E-state index contributed by atoms with van der Waals surface area (Å²) in [5.41, 5.74) is 9.24. The number of aromatic nitrogens is 2. The third-order valence-corrected chi connectivity index (χ3v) is 2.64. The molecule has 0 amide bonds. The van der Waals surface area contributed by atoms with Gasteiger partial charge in [-0.05, 0) is 18.5 Å². The summed E-state index contributed by atoms with van der Waals surface area (Å²) in [4.78, 5) is 8.31. The third kappa shape index (κ3) is 2.45. The van der Waals surface area contributed by atoms with Crippen LogP contribution in [-0.2, 0) is 0 Å². The van der Waals surface area contributed by atoms with Gasteiger partial charge < -0.3 is 10.8 Å². The molecule has 0 radical (unpaired) electrons. The molecular weight excluding hydrogens is 213 g/mol. The number of nitrogen functional groups attached to an aromatic ring is 1. The second kappa shape index (κ2) is 4.55. The molecule has 2 heterocycles. The highest BCUT2D eigenvalue weighted by molar-refractivity contribution is 6.64. The number of nitrogens with zero attached hydrogens (tertiary/aromatic N) is 2. The molecule has 2 aromatic rings. The molecule has 0 aliphatic rings. The van der Waals surface area contributed by atoms with E-state index in [-0.39, 0.29) is 0 Å². The maximum absolute atomic E-state index is 9.53. The molecule has 5 heteroatoms. The normalized spacial score (nSPS) is 10.3. The number of nitrogens with two attached hydrogens (primary N) is 1. The van der Waals surface area contributed by atoms with Gasteiger partial charge in [-0.15, -0.1) is 0 Å². The summed E-state index contributed by atoms with van der Waals surface area (Å²) in [6.45, 7) is 3.07. The van der Waals surface area contributed by atoms with Crippen LogP contribution in [0.1, 0.15) is 5.69 Å². The molecule has 0 saturated carbocycles. The van der Waals surface area contributed by atoms with E-state index in [1.165, 1.54) is 0 Å². The zero-order chi connectivity index (χ0) is 12.4. The van der Waals surface area contributed by atoms with E-state index in [2.05, 4.69) is 9.97 Å².